The number of ether oxygens (including phenoxy) is 3. The zero-order chi connectivity index (χ0) is 28.7. The monoisotopic (exact) mass is 564 g/mol. The van der Waals surface area contributed by atoms with E-state index in [0.717, 1.165) is 11.8 Å². The van der Waals surface area contributed by atoms with E-state index in [1.54, 1.807) is 36.7 Å². The second-order valence-electron chi connectivity index (χ2n) is 7.76. The van der Waals surface area contributed by atoms with Crippen molar-refractivity contribution in [3.63, 3.8) is 0 Å². The van der Waals surface area contributed by atoms with Crippen molar-refractivity contribution in [2.75, 3.05) is 20.0 Å². The normalized spacial score (nSPS) is 12.2. The van der Waals surface area contributed by atoms with E-state index >= 15 is 0 Å². The number of methoxy groups -OCH3 is 1. The van der Waals surface area contributed by atoms with Crippen molar-refractivity contribution in [2.24, 2.45) is 0 Å². The number of aromatic nitrogens is 1. The van der Waals surface area contributed by atoms with Gasteiger partial charge < -0.3 is 14.2 Å². The van der Waals surface area contributed by atoms with Crippen LogP contribution >= 0.6 is 11.8 Å². The third kappa shape index (κ3) is 11.6. The summed E-state index contributed by atoms with van der Waals surface area (Å²) in [6.07, 6.45) is 1.30. The highest BCUT2D eigenvalue weighted by Gasteiger charge is 2.31. The fraction of sp³-hybridized carbons (Fsp3) is 0.259. The molecular formula is C27H27F3N2O6S. The van der Waals surface area contributed by atoms with Crippen LogP contribution < -0.4 is 14.8 Å². The molecule has 2 aromatic carbocycles. The Kier molecular flexibility index (Phi) is 13.0. The molecule has 2 unspecified atom stereocenters. The molecule has 1 heterocycles. The molecule has 0 fully saturated rings. The first kappa shape index (κ1) is 31.3. The van der Waals surface area contributed by atoms with Crippen LogP contribution in [-0.2, 0) is 20.7 Å². The van der Waals surface area contributed by atoms with E-state index in [-0.39, 0.29) is 23.5 Å². The smallest absolute Gasteiger partial charge is 0.491 e. The lowest BCUT2D eigenvalue weighted by atomic mass is 10.1. The number of nitrogens with zero attached hydrogens (tertiary/aromatic N) is 1. The number of aldehydes is 1. The third-order valence-corrected chi connectivity index (χ3v) is 6.06. The maximum absolute atomic E-state index is 12.3. The molecule has 0 spiro atoms. The lowest BCUT2D eigenvalue weighted by molar-refractivity contribution is -0.274. The molecule has 0 saturated carbocycles. The molecule has 8 nitrogen and oxygen atoms in total. The van der Waals surface area contributed by atoms with Crippen molar-refractivity contribution < 1.29 is 41.8 Å². The average Bonchev–Trinajstić information content (AvgIpc) is 2.93. The summed E-state index contributed by atoms with van der Waals surface area (Å²) >= 11 is 1.35. The van der Waals surface area contributed by atoms with Crippen molar-refractivity contribution in [2.45, 2.75) is 24.1 Å². The van der Waals surface area contributed by atoms with Gasteiger partial charge in [0.25, 0.3) is 0 Å². The highest BCUT2D eigenvalue weighted by molar-refractivity contribution is 7.99. The van der Waals surface area contributed by atoms with Crippen LogP contribution in [0.4, 0.5) is 13.2 Å². The van der Waals surface area contributed by atoms with Gasteiger partial charge in [-0.2, -0.15) is 11.8 Å². The lowest BCUT2D eigenvalue weighted by Gasteiger charge is -2.18. The van der Waals surface area contributed by atoms with Crippen LogP contribution in [0.1, 0.15) is 27.6 Å². The zero-order valence-corrected chi connectivity index (χ0v) is 21.9. The highest BCUT2D eigenvalue weighted by atomic mass is 32.2. The molecule has 39 heavy (non-hydrogen) atoms. The molecule has 12 heteroatoms. The minimum atomic E-state index is -4.74. The van der Waals surface area contributed by atoms with Gasteiger partial charge in [0.1, 0.15) is 24.2 Å². The number of nitrogens with one attached hydrogen (secondary N) is 1. The summed E-state index contributed by atoms with van der Waals surface area (Å²) in [6.45, 7) is 0.143. The second-order valence-corrected chi connectivity index (χ2v) is 8.80. The van der Waals surface area contributed by atoms with Crippen LogP contribution in [0.5, 0.6) is 11.5 Å². The van der Waals surface area contributed by atoms with Gasteiger partial charge in [-0.25, -0.2) is 0 Å². The number of rotatable bonds is 12. The fourth-order valence-electron chi connectivity index (χ4n) is 3.17. The summed E-state index contributed by atoms with van der Waals surface area (Å²) in [5.41, 5.74) is 2.15. The lowest BCUT2D eigenvalue weighted by Crippen LogP contribution is -2.32. The maximum atomic E-state index is 12.3. The Morgan fingerprint density at radius 3 is 2.21 bits per heavy atom. The first-order valence-corrected chi connectivity index (χ1v) is 12.7. The Morgan fingerprint density at radius 1 is 1.05 bits per heavy atom. The van der Waals surface area contributed by atoms with Gasteiger partial charge in [-0.1, -0.05) is 24.3 Å². The summed E-state index contributed by atoms with van der Waals surface area (Å²) in [7, 11) is 1.48. The molecule has 0 aliphatic carbocycles. The Morgan fingerprint density at radius 2 is 1.72 bits per heavy atom. The third-order valence-electron chi connectivity index (χ3n) is 5.11. The van der Waals surface area contributed by atoms with Gasteiger partial charge in [0.05, 0.1) is 5.25 Å². The summed E-state index contributed by atoms with van der Waals surface area (Å²) in [4.78, 5) is 35.9. The Hall–Kier alpha value is -3.90. The van der Waals surface area contributed by atoms with Gasteiger partial charge in [0, 0.05) is 25.1 Å². The number of hydrogen-bond donors (Lipinski definition) is 1. The zero-order valence-electron chi connectivity index (χ0n) is 21.1. The van der Waals surface area contributed by atoms with Gasteiger partial charge in [-0.05, 0) is 60.2 Å². The first-order chi connectivity index (χ1) is 18.7. The predicted octanol–water partition coefficient (Wildman–Crippen LogP) is 4.79. The van der Waals surface area contributed by atoms with Crippen molar-refractivity contribution >= 4 is 30.4 Å². The van der Waals surface area contributed by atoms with E-state index in [4.69, 9.17) is 9.47 Å². The number of benzene rings is 2. The van der Waals surface area contributed by atoms with E-state index in [1.165, 1.54) is 49.3 Å². The number of pyridine rings is 1. The molecule has 2 amide bonds. The molecule has 0 bridgehead atoms. The van der Waals surface area contributed by atoms with E-state index in [0.29, 0.717) is 29.7 Å². The predicted molar refractivity (Wildman–Crippen MR) is 140 cm³/mol. The standard InChI is InChI=1S/C21H22F3NO5S.C6H5NO/c1-28-18(15-5-9-17(10-6-15)30-21(22,23)24)12-29-16-7-3-14(4-8-16)11-19(31-2)20(27)25-13-26;8-5-6-2-1-3-7-4-6/h3-10,13,18-19H,11-12H2,1-2H3,(H,25,26,27);1-5H. The van der Waals surface area contributed by atoms with Crippen molar-refractivity contribution in [1.29, 1.82) is 0 Å². The minimum Gasteiger partial charge on any atom is -0.491 e. The molecule has 1 N–H and O–H groups in total. The fourth-order valence-corrected chi connectivity index (χ4v) is 3.81. The molecule has 0 radical (unpaired) electrons. The van der Waals surface area contributed by atoms with Gasteiger partial charge in [-0.15, -0.1) is 13.2 Å². The van der Waals surface area contributed by atoms with Crippen LogP contribution in [0.15, 0.2) is 73.1 Å². The van der Waals surface area contributed by atoms with Gasteiger partial charge in [0.15, 0.2) is 6.29 Å². The van der Waals surface area contributed by atoms with Gasteiger partial charge in [0.2, 0.25) is 12.3 Å². The SMILES string of the molecule is COC(COc1ccc(CC(SC)C(=O)NC=O)cc1)c1ccc(OC(F)(F)F)cc1.O=Cc1cccnc1. The first-order valence-electron chi connectivity index (χ1n) is 11.4. The number of alkyl halides is 3. The number of thioether (sulfide) groups is 1. The van der Waals surface area contributed by atoms with E-state index in [2.05, 4.69) is 15.0 Å². The molecule has 1 aromatic heterocycles. The highest BCUT2D eigenvalue weighted by Crippen LogP contribution is 2.26. The quantitative estimate of drug-likeness (QED) is 0.313. The number of carbonyl (C=O) groups is 3. The summed E-state index contributed by atoms with van der Waals surface area (Å²) < 4.78 is 51.8. The Bertz CT molecular complexity index is 1160. The van der Waals surface area contributed by atoms with Crippen molar-refractivity contribution in [3.05, 3.63) is 89.7 Å². The molecule has 0 saturated heterocycles. The molecule has 0 aliphatic rings. The minimum absolute atomic E-state index is 0.143. The molecule has 208 valence electrons. The summed E-state index contributed by atoms with van der Waals surface area (Å²) in [5.74, 6) is -0.0914. The van der Waals surface area contributed by atoms with E-state index in [1.807, 2.05) is 12.1 Å². The van der Waals surface area contributed by atoms with Gasteiger partial charge >= 0.3 is 6.36 Å². The number of carbonyl (C=O) groups excluding carboxylic acids is 3. The van der Waals surface area contributed by atoms with Crippen LogP contribution in [0, 0.1) is 0 Å². The van der Waals surface area contributed by atoms with Crippen LogP contribution in [0.25, 0.3) is 0 Å². The van der Waals surface area contributed by atoms with E-state index < -0.39 is 12.5 Å². The summed E-state index contributed by atoms with van der Waals surface area (Å²) in [6, 6.07) is 16.0. The molecule has 3 aromatic rings. The maximum Gasteiger partial charge on any atom is 0.573 e. The van der Waals surface area contributed by atoms with Crippen molar-refractivity contribution in [1.82, 2.24) is 10.3 Å². The molecule has 3 rings (SSSR count). The van der Waals surface area contributed by atoms with Crippen LogP contribution in [0.3, 0.4) is 0 Å². The molecule has 0 aliphatic heterocycles. The Labute approximate surface area is 227 Å². The topological polar surface area (TPSA) is 104 Å². The second kappa shape index (κ2) is 16.1. The Balaban J connectivity index is 0.000000568. The molecule has 2 atom stereocenters. The molecular weight excluding hydrogens is 537 g/mol. The van der Waals surface area contributed by atoms with Crippen LogP contribution in [0.2, 0.25) is 0 Å². The largest absolute Gasteiger partial charge is 0.573 e. The van der Waals surface area contributed by atoms with Gasteiger partial charge in [-0.3, -0.25) is 24.7 Å². The van der Waals surface area contributed by atoms with Crippen LogP contribution in [-0.4, -0.2) is 55.2 Å². The number of halogens is 3. The van der Waals surface area contributed by atoms with Crippen molar-refractivity contribution in [3.8, 4) is 11.5 Å². The average molecular weight is 565 g/mol. The number of imide groups is 1. The number of hydrogen-bond acceptors (Lipinski definition) is 8. The van der Waals surface area contributed by atoms with E-state index in [9.17, 15) is 27.6 Å². The number of amides is 2. The summed E-state index contributed by atoms with van der Waals surface area (Å²) in [5, 5.41) is 1.77.